The Labute approximate surface area is 120 Å². The third-order valence-corrected chi connectivity index (χ3v) is 4.19. The Kier molecular flexibility index (Phi) is 5.28. The van der Waals surface area contributed by atoms with Gasteiger partial charge in [-0.1, -0.05) is 0 Å². The molecule has 20 heavy (non-hydrogen) atoms. The van der Waals surface area contributed by atoms with Gasteiger partial charge < -0.3 is 20.7 Å². The summed E-state index contributed by atoms with van der Waals surface area (Å²) < 4.78 is 0. The van der Waals surface area contributed by atoms with Gasteiger partial charge in [0.15, 0.2) is 0 Å². The topological polar surface area (TPSA) is 107 Å². The van der Waals surface area contributed by atoms with Crippen molar-refractivity contribution in [1.29, 1.82) is 0 Å². The molecule has 2 amide bonds. The molecule has 7 nitrogen and oxygen atoms in total. The van der Waals surface area contributed by atoms with Crippen LogP contribution in [-0.2, 0) is 11.2 Å². The Balaban J connectivity index is 1.83. The second-order valence-electron chi connectivity index (χ2n) is 4.68. The summed E-state index contributed by atoms with van der Waals surface area (Å²) in [6.07, 6.45) is 5.07. The number of aromatic nitrogens is 2. The predicted molar refractivity (Wildman–Crippen MR) is 75.7 cm³/mol. The number of nitrogens with zero attached hydrogens (tertiary/aromatic N) is 1. The molecule has 1 aromatic heterocycles. The van der Waals surface area contributed by atoms with E-state index in [0.29, 0.717) is 5.69 Å². The number of amides is 2. The smallest absolute Gasteiger partial charge is 0.326 e. The number of hydrogen-bond donors (Lipinski definition) is 4. The zero-order chi connectivity index (χ0) is 14.4. The predicted octanol–water partition coefficient (Wildman–Crippen LogP) is 0.600. The van der Waals surface area contributed by atoms with E-state index in [9.17, 15) is 9.59 Å². The van der Waals surface area contributed by atoms with Crippen molar-refractivity contribution in [2.45, 2.75) is 31.3 Å². The highest BCUT2D eigenvalue weighted by atomic mass is 32.2. The standard InChI is InChI=1S/C12H18N4O3S/c17-11(18)10(5-9-6-13-7-14-9)16-12(19)15-8-1-3-20-4-2-8/h6-8,10H,1-5H2,(H,13,14)(H,17,18)(H2,15,16,19)/t10-/m0/s1. The molecule has 1 aliphatic rings. The van der Waals surface area contributed by atoms with Gasteiger partial charge in [-0.3, -0.25) is 0 Å². The number of carbonyl (C=O) groups excluding carboxylic acids is 1. The molecule has 0 unspecified atom stereocenters. The Hall–Kier alpha value is -1.70. The molecule has 4 N–H and O–H groups in total. The van der Waals surface area contributed by atoms with Crippen LogP contribution in [0.5, 0.6) is 0 Å². The van der Waals surface area contributed by atoms with Crippen molar-refractivity contribution >= 4 is 23.8 Å². The summed E-state index contributed by atoms with van der Waals surface area (Å²) in [7, 11) is 0. The zero-order valence-corrected chi connectivity index (χ0v) is 11.8. The number of hydrogen-bond acceptors (Lipinski definition) is 4. The molecule has 2 rings (SSSR count). The van der Waals surface area contributed by atoms with Crippen LogP contribution < -0.4 is 10.6 Å². The number of nitrogens with one attached hydrogen (secondary N) is 3. The van der Waals surface area contributed by atoms with Crippen LogP contribution in [0, 0.1) is 0 Å². The number of imidazole rings is 1. The summed E-state index contributed by atoms with van der Waals surface area (Å²) in [5.74, 6) is 0.997. The van der Waals surface area contributed by atoms with Gasteiger partial charge in [-0.25, -0.2) is 14.6 Å². The van der Waals surface area contributed by atoms with Crippen LogP contribution in [0.4, 0.5) is 4.79 Å². The average Bonchev–Trinajstić information content (AvgIpc) is 2.92. The van der Waals surface area contributed by atoms with Gasteiger partial charge in [-0.2, -0.15) is 11.8 Å². The van der Waals surface area contributed by atoms with Crippen molar-refractivity contribution in [3.63, 3.8) is 0 Å². The van der Waals surface area contributed by atoms with Crippen LogP contribution in [0.25, 0.3) is 0 Å². The number of urea groups is 1. The van der Waals surface area contributed by atoms with E-state index < -0.39 is 18.0 Å². The lowest BCUT2D eigenvalue weighted by molar-refractivity contribution is -0.139. The summed E-state index contributed by atoms with van der Waals surface area (Å²) in [6, 6.07) is -1.25. The maximum Gasteiger partial charge on any atom is 0.326 e. The van der Waals surface area contributed by atoms with Gasteiger partial charge in [0.2, 0.25) is 0 Å². The quantitative estimate of drug-likeness (QED) is 0.637. The minimum Gasteiger partial charge on any atom is -0.480 e. The molecule has 1 aromatic rings. The van der Waals surface area contributed by atoms with Crippen molar-refractivity contribution in [3.8, 4) is 0 Å². The average molecular weight is 298 g/mol. The minimum absolute atomic E-state index is 0.137. The van der Waals surface area contributed by atoms with Crippen LogP contribution in [-0.4, -0.2) is 50.7 Å². The van der Waals surface area contributed by atoms with Crippen molar-refractivity contribution in [2.24, 2.45) is 0 Å². The first-order valence-corrected chi connectivity index (χ1v) is 7.65. The molecule has 1 saturated heterocycles. The van der Waals surface area contributed by atoms with E-state index in [-0.39, 0.29) is 12.5 Å². The molecule has 0 saturated carbocycles. The maximum atomic E-state index is 11.8. The van der Waals surface area contributed by atoms with E-state index in [2.05, 4.69) is 20.6 Å². The molecule has 1 aliphatic heterocycles. The summed E-state index contributed by atoms with van der Waals surface area (Å²) in [4.78, 5) is 29.7. The summed E-state index contributed by atoms with van der Waals surface area (Å²) in [5.41, 5.74) is 0.673. The molecule has 110 valence electrons. The van der Waals surface area contributed by atoms with E-state index >= 15 is 0 Å². The van der Waals surface area contributed by atoms with Crippen molar-refractivity contribution in [2.75, 3.05) is 11.5 Å². The van der Waals surface area contributed by atoms with Gasteiger partial charge in [0, 0.05) is 24.4 Å². The number of aromatic amines is 1. The van der Waals surface area contributed by atoms with E-state index in [1.807, 2.05) is 11.8 Å². The Morgan fingerprint density at radius 3 is 2.85 bits per heavy atom. The number of thioether (sulfide) groups is 1. The third-order valence-electron chi connectivity index (χ3n) is 3.14. The lowest BCUT2D eigenvalue weighted by Crippen LogP contribution is -2.50. The number of aliphatic carboxylic acids is 1. The van der Waals surface area contributed by atoms with E-state index in [1.165, 1.54) is 6.33 Å². The Morgan fingerprint density at radius 2 is 2.25 bits per heavy atom. The SMILES string of the molecule is O=C(NC1CCSCC1)N[C@@H](Cc1cnc[nH]1)C(=O)O. The summed E-state index contributed by atoms with van der Waals surface area (Å²) in [6.45, 7) is 0. The normalized spacial score (nSPS) is 17.4. The fourth-order valence-corrected chi connectivity index (χ4v) is 3.15. The van der Waals surface area contributed by atoms with Crippen molar-refractivity contribution < 1.29 is 14.7 Å². The van der Waals surface area contributed by atoms with Gasteiger partial charge >= 0.3 is 12.0 Å². The first kappa shape index (κ1) is 14.7. The van der Waals surface area contributed by atoms with Gasteiger partial charge in [0.1, 0.15) is 6.04 Å². The van der Waals surface area contributed by atoms with Crippen LogP contribution >= 0.6 is 11.8 Å². The van der Waals surface area contributed by atoms with Gasteiger partial charge in [0.25, 0.3) is 0 Å². The van der Waals surface area contributed by atoms with Gasteiger partial charge in [-0.05, 0) is 24.3 Å². The Morgan fingerprint density at radius 1 is 1.50 bits per heavy atom. The van der Waals surface area contributed by atoms with Crippen LogP contribution in [0.15, 0.2) is 12.5 Å². The number of carboxylic acid groups (broad SMARTS) is 1. The molecule has 1 atom stereocenters. The van der Waals surface area contributed by atoms with E-state index in [0.717, 1.165) is 24.3 Å². The minimum atomic E-state index is -1.06. The van der Waals surface area contributed by atoms with Crippen LogP contribution in [0.3, 0.4) is 0 Å². The first-order valence-electron chi connectivity index (χ1n) is 6.50. The summed E-state index contributed by atoms with van der Waals surface area (Å²) in [5, 5.41) is 14.5. The van der Waals surface area contributed by atoms with Gasteiger partial charge in [0.05, 0.1) is 6.33 Å². The fraction of sp³-hybridized carbons (Fsp3) is 0.583. The molecule has 2 heterocycles. The van der Waals surface area contributed by atoms with Gasteiger partial charge in [-0.15, -0.1) is 0 Å². The molecule has 0 radical (unpaired) electrons. The molecule has 8 heteroatoms. The highest BCUT2D eigenvalue weighted by Gasteiger charge is 2.23. The number of H-pyrrole nitrogens is 1. The monoisotopic (exact) mass is 298 g/mol. The number of carboxylic acids is 1. The van der Waals surface area contributed by atoms with Crippen LogP contribution in [0.1, 0.15) is 18.5 Å². The lowest BCUT2D eigenvalue weighted by atomic mass is 10.1. The van der Waals surface area contributed by atoms with Crippen LogP contribution in [0.2, 0.25) is 0 Å². The number of rotatable bonds is 5. The largest absolute Gasteiger partial charge is 0.480 e. The maximum absolute atomic E-state index is 11.8. The number of carbonyl (C=O) groups is 2. The second-order valence-corrected chi connectivity index (χ2v) is 5.90. The third kappa shape index (κ3) is 4.44. The van der Waals surface area contributed by atoms with Crippen molar-refractivity contribution in [1.82, 2.24) is 20.6 Å². The second kappa shape index (κ2) is 7.18. The molecule has 0 aliphatic carbocycles. The highest BCUT2D eigenvalue weighted by molar-refractivity contribution is 7.99. The fourth-order valence-electron chi connectivity index (χ4n) is 2.04. The molecular weight excluding hydrogens is 280 g/mol. The highest BCUT2D eigenvalue weighted by Crippen LogP contribution is 2.16. The first-order chi connectivity index (χ1) is 9.65. The zero-order valence-electron chi connectivity index (χ0n) is 11.0. The summed E-state index contributed by atoms with van der Waals surface area (Å²) >= 11 is 1.87. The van der Waals surface area contributed by atoms with E-state index in [1.54, 1.807) is 6.20 Å². The molecule has 0 aromatic carbocycles. The molecular formula is C12H18N4O3S. The molecule has 1 fully saturated rings. The molecule has 0 spiro atoms. The lowest BCUT2D eigenvalue weighted by Gasteiger charge is -2.23. The molecule has 0 bridgehead atoms. The van der Waals surface area contributed by atoms with E-state index in [4.69, 9.17) is 5.11 Å². The van der Waals surface area contributed by atoms with Crippen molar-refractivity contribution in [3.05, 3.63) is 18.2 Å². The Bertz CT molecular complexity index is 446.